The smallest absolute Gasteiger partial charge is 0.331 e. The van der Waals surface area contributed by atoms with E-state index in [2.05, 4.69) is 18.7 Å². The van der Waals surface area contributed by atoms with E-state index in [-0.39, 0.29) is 5.54 Å². The zero-order valence-corrected chi connectivity index (χ0v) is 11.3. The first kappa shape index (κ1) is 14.2. The Morgan fingerprint density at radius 2 is 1.76 bits per heavy atom. The van der Waals surface area contributed by atoms with Crippen LogP contribution in [0.5, 0.6) is 0 Å². The second-order valence-corrected chi connectivity index (χ2v) is 4.97. The first-order chi connectivity index (χ1) is 8.05. The van der Waals surface area contributed by atoms with Crippen molar-refractivity contribution in [3.05, 3.63) is 11.6 Å². The summed E-state index contributed by atoms with van der Waals surface area (Å²) in [5, 5.41) is 9.07. The summed E-state index contributed by atoms with van der Waals surface area (Å²) >= 11 is 0. The lowest BCUT2D eigenvalue weighted by Gasteiger charge is -2.44. The van der Waals surface area contributed by atoms with Gasteiger partial charge in [0, 0.05) is 11.1 Å². The number of nitrogens with zero attached hydrogens (tertiary/aromatic N) is 1. The van der Waals surface area contributed by atoms with Gasteiger partial charge in [-0.25, -0.2) is 4.79 Å². The third-order valence-corrected chi connectivity index (χ3v) is 3.94. The van der Waals surface area contributed by atoms with E-state index in [1.54, 1.807) is 6.92 Å². The molecule has 0 aliphatic heterocycles. The lowest BCUT2D eigenvalue weighted by Crippen LogP contribution is -2.48. The van der Waals surface area contributed by atoms with Crippen LogP contribution >= 0.6 is 0 Å². The Balaban J connectivity index is 3.00. The maximum absolute atomic E-state index is 11.0. The van der Waals surface area contributed by atoms with Crippen LogP contribution in [0.3, 0.4) is 0 Å². The van der Waals surface area contributed by atoms with Crippen LogP contribution in [0.25, 0.3) is 0 Å². The molecule has 0 aromatic heterocycles. The molecule has 1 saturated carbocycles. The predicted octanol–water partition coefficient (Wildman–Crippen LogP) is 3.06. The van der Waals surface area contributed by atoms with Gasteiger partial charge in [0.05, 0.1) is 0 Å². The molecule has 0 bridgehead atoms. The molecule has 0 unspecified atom stereocenters. The second-order valence-electron chi connectivity index (χ2n) is 4.97. The maximum atomic E-state index is 11.0. The Hall–Kier alpha value is -0.830. The third-order valence-electron chi connectivity index (χ3n) is 3.94. The molecule has 0 spiro atoms. The van der Waals surface area contributed by atoms with Crippen molar-refractivity contribution in [2.75, 3.05) is 13.1 Å². The molecule has 0 radical (unpaired) electrons. The Labute approximate surface area is 105 Å². The van der Waals surface area contributed by atoms with Crippen molar-refractivity contribution in [1.29, 1.82) is 0 Å². The molecular weight excluding hydrogens is 214 g/mol. The van der Waals surface area contributed by atoms with Crippen LogP contribution in [0.2, 0.25) is 0 Å². The third kappa shape index (κ3) is 3.32. The summed E-state index contributed by atoms with van der Waals surface area (Å²) < 4.78 is 0. The fraction of sp³-hybridized carbons (Fsp3) is 0.786. The standard InChI is InChI=1S/C14H25NO2/c1-4-15(5-2)14(9-7-6-8-10-14)11-12(3)13(16)17/h11H,4-10H2,1-3H3,(H,16,17). The van der Waals surface area contributed by atoms with Crippen molar-refractivity contribution in [3.8, 4) is 0 Å². The minimum Gasteiger partial charge on any atom is -0.478 e. The molecule has 98 valence electrons. The van der Waals surface area contributed by atoms with Crippen LogP contribution < -0.4 is 0 Å². The van der Waals surface area contributed by atoms with Crippen LogP contribution in [0.1, 0.15) is 52.9 Å². The average molecular weight is 239 g/mol. The largest absolute Gasteiger partial charge is 0.478 e. The number of hydrogen-bond donors (Lipinski definition) is 1. The minimum atomic E-state index is -0.790. The van der Waals surface area contributed by atoms with Crippen molar-refractivity contribution < 1.29 is 9.90 Å². The molecule has 1 fully saturated rings. The van der Waals surface area contributed by atoms with Gasteiger partial charge in [-0.15, -0.1) is 0 Å². The highest BCUT2D eigenvalue weighted by molar-refractivity contribution is 5.86. The quantitative estimate of drug-likeness (QED) is 0.750. The number of rotatable bonds is 5. The monoisotopic (exact) mass is 239 g/mol. The van der Waals surface area contributed by atoms with Crippen molar-refractivity contribution in [2.45, 2.75) is 58.4 Å². The summed E-state index contributed by atoms with van der Waals surface area (Å²) in [6, 6.07) is 0. The van der Waals surface area contributed by atoms with Gasteiger partial charge in [0.1, 0.15) is 0 Å². The first-order valence-electron chi connectivity index (χ1n) is 6.73. The van der Waals surface area contributed by atoms with Crippen LogP contribution in [-0.2, 0) is 4.79 Å². The van der Waals surface area contributed by atoms with E-state index in [9.17, 15) is 4.79 Å². The summed E-state index contributed by atoms with van der Waals surface area (Å²) in [5.41, 5.74) is 0.475. The summed E-state index contributed by atoms with van der Waals surface area (Å²) in [6.45, 7) is 8.00. The molecule has 0 aromatic carbocycles. The van der Waals surface area contributed by atoms with Gasteiger partial charge in [0.25, 0.3) is 0 Å². The first-order valence-corrected chi connectivity index (χ1v) is 6.73. The van der Waals surface area contributed by atoms with Crippen molar-refractivity contribution in [2.24, 2.45) is 0 Å². The molecule has 3 heteroatoms. The van der Waals surface area contributed by atoms with E-state index in [4.69, 9.17) is 5.11 Å². The topological polar surface area (TPSA) is 40.5 Å². The minimum absolute atomic E-state index is 0.00970. The highest BCUT2D eigenvalue weighted by Gasteiger charge is 2.34. The highest BCUT2D eigenvalue weighted by Crippen LogP contribution is 2.35. The van der Waals surface area contributed by atoms with E-state index in [0.717, 1.165) is 25.9 Å². The molecule has 1 N–H and O–H groups in total. The number of carboxylic acids is 1. The average Bonchev–Trinajstić information content (AvgIpc) is 2.31. The van der Waals surface area contributed by atoms with E-state index in [1.165, 1.54) is 19.3 Å². The summed E-state index contributed by atoms with van der Waals surface area (Å²) in [7, 11) is 0. The molecule has 3 nitrogen and oxygen atoms in total. The fourth-order valence-corrected chi connectivity index (χ4v) is 3.03. The van der Waals surface area contributed by atoms with Gasteiger partial charge >= 0.3 is 5.97 Å². The lowest BCUT2D eigenvalue weighted by atomic mass is 9.79. The van der Waals surface area contributed by atoms with Gasteiger partial charge in [-0.3, -0.25) is 4.90 Å². The maximum Gasteiger partial charge on any atom is 0.331 e. The van der Waals surface area contributed by atoms with E-state index in [1.807, 2.05) is 6.08 Å². The van der Waals surface area contributed by atoms with E-state index >= 15 is 0 Å². The molecule has 0 aromatic rings. The van der Waals surface area contributed by atoms with Crippen molar-refractivity contribution in [1.82, 2.24) is 4.90 Å². The molecule has 17 heavy (non-hydrogen) atoms. The molecule has 1 aliphatic carbocycles. The Kier molecular flexibility index (Phi) is 5.19. The van der Waals surface area contributed by atoms with Crippen LogP contribution in [0.4, 0.5) is 0 Å². The van der Waals surface area contributed by atoms with Gasteiger partial charge in [-0.2, -0.15) is 0 Å². The van der Waals surface area contributed by atoms with E-state index < -0.39 is 5.97 Å². The van der Waals surface area contributed by atoms with Gasteiger partial charge in [0.2, 0.25) is 0 Å². The predicted molar refractivity (Wildman–Crippen MR) is 70.1 cm³/mol. The molecule has 0 saturated heterocycles. The van der Waals surface area contributed by atoms with Crippen LogP contribution in [-0.4, -0.2) is 34.6 Å². The Morgan fingerprint density at radius 1 is 1.24 bits per heavy atom. The highest BCUT2D eigenvalue weighted by atomic mass is 16.4. The Bertz CT molecular complexity index is 287. The fourth-order valence-electron chi connectivity index (χ4n) is 3.03. The van der Waals surface area contributed by atoms with Gasteiger partial charge in [-0.1, -0.05) is 39.2 Å². The zero-order valence-electron chi connectivity index (χ0n) is 11.3. The summed E-state index contributed by atoms with van der Waals surface area (Å²) in [5.74, 6) is -0.790. The molecule has 0 heterocycles. The van der Waals surface area contributed by atoms with Crippen molar-refractivity contribution >= 4 is 5.97 Å². The van der Waals surface area contributed by atoms with Crippen LogP contribution in [0, 0.1) is 0 Å². The van der Waals surface area contributed by atoms with Crippen LogP contribution in [0.15, 0.2) is 11.6 Å². The van der Waals surface area contributed by atoms with E-state index in [0.29, 0.717) is 5.57 Å². The normalized spacial score (nSPS) is 20.6. The second kappa shape index (κ2) is 6.20. The number of carboxylic acid groups (broad SMARTS) is 1. The molecular formula is C14H25NO2. The Morgan fingerprint density at radius 3 is 2.18 bits per heavy atom. The SMILES string of the molecule is CCN(CC)C1(C=C(C)C(=O)O)CCCCC1. The zero-order chi connectivity index (χ0) is 12.9. The molecule has 0 atom stereocenters. The van der Waals surface area contributed by atoms with Gasteiger partial charge < -0.3 is 5.11 Å². The number of hydrogen-bond acceptors (Lipinski definition) is 2. The number of aliphatic carboxylic acids is 1. The van der Waals surface area contributed by atoms with Gasteiger partial charge in [-0.05, 0) is 32.9 Å². The number of likely N-dealkylation sites (N-methyl/N-ethyl adjacent to an activating group) is 1. The summed E-state index contributed by atoms with van der Waals surface area (Å²) in [4.78, 5) is 13.4. The van der Waals surface area contributed by atoms with Crippen molar-refractivity contribution in [3.63, 3.8) is 0 Å². The molecule has 1 rings (SSSR count). The number of carbonyl (C=O) groups is 1. The molecule has 1 aliphatic rings. The summed E-state index contributed by atoms with van der Waals surface area (Å²) in [6.07, 6.45) is 7.89. The van der Waals surface area contributed by atoms with Gasteiger partial charge in [0.15, 0.2) is 0 Å². The molecule has 0 amide bonds. The lowest BCUT2D eigenvalue weighted by molar-refractivity contribution is -0.132.